The van der Waals surface area contributed by atoms with Gasteiger partial charge in [-0.05, 0) is 6.42 Å². The predicted molar refractivity (Wildman–Crippen MR) is 56.8 cm³/mol. The SMILES string of the molecule is CCCCCC(NCOC)NC(C)=O. The molecule has 0 heterocycles. The van der Waals surface area contributed by atoms with Crippen molar-refractivity contribution in [2.75, 3.05) is 13.8 Å². The van der Waals surface area contributed by atoms with Crippen LogP contribution >= 0.6 is 0 Å². The van der Waals surface area contributed by atoms with Crippen molar-refractivity contribution < 1.29 is 9.53 Å². The number of carbonyl (C=O) groups excluding carboxylic acids is 1. The molecule has 0 bridgehead atoms. The molecule has 0 aromatic carbocycles. The van der Waals surface area contributed by atoms with Crippen LogP contribution in [-0.4, -0.2) is 25.9 Å². The molecule has 0 aliphatic heterocycles. The van der Waals surface area contributed by atoms with Gasteiger partial charge in [-0.25, -0.2) is 0 Å². The first-order valence-corrected chi connectivity index (χ1v) is 5.20. The lowest BCUT2D eigenvalue weighted by molar-refractivity contribution is -0.120. The van der Waals surface area contributed by atoms with E-state index < -0.39 is 0 Å². The number of hydrogen-bond acceptors (Lipinski definition) is 3. The van der Waals surface area contributed by atoms with Gasteiger partial charge in [-0.1, -0.05) is 26.2 Å². The second kappa shape index (κ2) is 8.97. The molecule has 0 spiro atoms. The molecular weight excluding hydrogens is 180 g/mol. The lowest BCUT2D eigenvalue weighted by Gasteiger charge is -2.18. The van der Waals surface area contributed by atoms with Gasteiger partial charge in [-0.15, -0.1) is 0 Å². The van der Waals surface area contributed by atoms with Crippen LogP contribution in [0.15, 0.2) is 0 Å². The van der Waals surface area contributed by atoms with Crippen LogP contribution in [0.1, 0.15) is 39.5 Å². The van der Waals surface area contributed by atoms with Gasteiger partial charge in [0.15, 0.2) is 0 Å². The maximum atomic E-state index is 10.9. The largest absolute Gasteiger partial charge is 0.369 e. The molecule has 0 aromatic rings. The zero-order valence-corrected chi connectivity index (χ0v) is 9.43. The molecule has 14 heavy (non-hydrogen) atoms. The van der Waals surface area contributed by atoms with Gasteiger partial charge < -0.3 is 10.1 Å². The highest BCUT2D eigenvalue weighted by Gasteiger charge is 2.07. The van der Waals surface area contributed by atoms with Crippen LogP contribution in [0.5, 0.6) is 0 Å². The lowest BCUT2D eigenvalue weighted by atomic mass is 10.2. The van der Waals surface area contributed by atoms with Crippen molar-refractivity contribution in [3.8, 4) is 0 Å². The van der Waals surface area contributed by atoms with E-state index >= 15 is 0 Å². The van der Waals surface area contributed by atoms with Crippen molar-refractivity contribution in [3.05, 3.63) is 0 Å². The summed E-state index contributed by atoms with van der Waals surface area (Å²) < 4.78 is 4.90. The third-order valence-electron chi connectivity index (χ3n) is 1.95. The van der Waals surface area contributed by atoms with E-state index in [1.807, 2.05) is 0 Å². The Morgan fingerprint density at radius 2 is 2.14 bits per heavy atom. The second-order valence-corrected chi connectivity index (χ2v) is 3.39. The van der Waals surface area contributed by atoms with Crippen LogP contribution in [-0.2, 0) is 9.53 Å². The minimum atomic E-state index is -0.00454. The van der Waals surface area contributed by atoms with Crippen molar-refractivity contribution >= 4 is 5.91 Å². The van der Waals surface area contributed by atoms with E-state index in [-0.39, 0.29) is 12.1 Å². The summed E-state index contributed by atoms with van der Waals surface area (Å²) >= 11 is 0. The van der Waals surface area contributed by atoms with E-state index in [4.69, 9.17) is 4.74 Å². The third kappa shape index (κ3) is 8.01. The molecule has 4 heteroatoms. The molecular formula is C10H22N2O2. The average molecular weight is 202 g/mol. The van der Waals surface area contributed by atoms with E-state index in [2.05, 4.69) is 17.6 Å². The first kappa shape index (κ1) is 13.4. The molecule has 1 unspecified atom stereocenters. The average Bonchev–Trinajstić information content (AvgIpc) is 2.13. The first-order valence-electron chi connectivity index (χ1n) is 5.20. The van der Waals surface area contributed by atoms with Crippen LogP contribution in [0.3, 0.4) is 0 Å². The van der Waals surface area contributed by atoms with Crippen LogP contribution in [0, 0.1) is 0 Å². The third-order valence-corrected chi connectivity index (χ3v) is 1.95. The Morgan fingerprint density at radius 3 is 2.64 bits per heavy atom. The highest BCUT2D eigenvalue weighted by molar-refractivity contribution is 5.73. The number of amides is 1. The van der Waals surface area contributed by atoms with Gasteiger partial charge in [0.25, 0.3) is 0 Å². The maximum absolute atomic E-state index is 10.9. The number of hydrogen-bond donors (Lipinski definition) is 2. The summed E-state index contributed by atoms with van der Waals surface area (Å²) in [5.41, 5.74) is 0. The highest BCUT2D eigenvalue weighted by Crippen LogP contribution is 2.01. The Hall–Kier alpha value is -0.610. The Labute approximate surface area is 86.4 Å². The Morgan fingerprint density at radius 1 is 1.43 bits per heavy atom. The summed E-state index contributed by atoms with van der Waals surface area (Å²) in [5.74, 6) is -0.00454. The van der Waals surface area contributed by atoms with E-state index in [0.29, 0.717) is 6.73 Å². The Kier molecular flexibility index (Phi) is 8.57. The second-order valence-electron chi connectivity index (χ2n) is 3.39. The fourth-order valence-corrected chi connectivity index (χ4v) is 1.25. The summed E-state index contributed by atoms with van der Waals surface area (Å²) in [6.07, 6.45) is 4.51. The summed E-state index contributed by atoms with van der Waals surface area (Å²) in [7, 11) is 1.63. The van der Waals surface area contributed by atoms with Gasteiger partial charge in [0.05, 0.1) is 12.9 Å². The molecule has 0 rings (SSSR count). The zero-order valence-electron chi connectivity index (χ0n) is 9.43. The first-order chi connectivity index (χ1) is 6.70. The van der Waals surface area contributed by atoms with Crippen LogP contribution in [0.25, 0.3) is 0 Å². The summed E-state index contributed by atoms with van der Waals surface area (Å²) in [5, 5.41) is 5.95. The highest BCUT2D eigenvalue weighted by atomic mass is 16.5. The quantitative estimate of drug-likeness (QED) is 0.459. The molecule has 0 aromatic heterocycles. The van der Waals surface area contributed by atoms with Gasteiger partial charge in [-0.2, -0.15) is 0 Å². The lowest BCUT2D eigenvalue weighted by Crippen LogP contribution is -2.45. The number of methoxy groups -OCH3 is 1. The fourth-order valence-electron chi connectivity index (χ4n) is 1.25. The minimum Gasteiger partial charge on any atom is -0.369 e. The molecule has 0 saturated carbocycles. The summed E-state index contributed by atoms with van der Waals surface area (Å²) in [4.78, 5) is 10.9. The number of rotatable bonds is 8. The van der Waals surface area contributed by atoms with Gasteiger partial charge in [0.2, 0.25) is 5.91 Å². The predicted octanol–water partition coefficient (Wildman–Crippen LogP) is 1.22. The fraction of sp³-hybridized carbons (Fsp3) is 0.900. The van der Waals surface area contributed by atoms with Crippen molar-refractivity contribution in [1.29, 1.82) is 0 Å². The van der Waals surface area contributed by atoms with Gasteiger partial charge in [0.1, 0.15) is 0 Å². The van der Waals surface area contributed by atoms with E-state index in [0.717, 1.165) is 12.8 Å². The number of ether oxygens (including phenoxy) is 1. The number of nitrogens with one attached hydrogen (secondary N) is 2. The van der Waals surface area contributed by atoms with Crippen LogP contribution in [0.2, 0.25) is 0 Å². The Bertz CT molecular complexity index is 151. The molecule has 0 radical (unpaired) electrons. The van der Waals surface area contributed by atoms with E-state index in [1.165, 1.54) is 19.8 Å². The van der Waals surface area contributed by atoms with Crippen molar-refractivity contribution in [2.45, 2.75) is 45.7 Å². The molecule has 0 fully saturated rings. The summed E-state index contributed by atoms with van der Waals surface area (Å²) in [6, 6.07) is 0. The monoisotopic (exact) mass is 202 g/mol. The molecule has 4 nitrogen and oxygen atoms in total. The zero-order chi connectivity index (χ0) is 10.8. The van der Waals surface area contributed by atoms with E-state index in [9.17, 15) is 4.79 Å². The van der Waals surface area contributed by atoms with Crippen molar-refractivity contribution in [2.24, 2.45) is 0 Å². The van der Waals surface area contributed by atoms with E-state index in [1.54, 1.807) is 7.11 Å². The van der Waals surface area contributed by atoms with Crippen molar-refractivity contribution in [1.82, 2.24) is 10.6 Å². The molecule has 0 aliphatic rings. The molecule has 1 amide bonds. The maximum Gasteiger partial charge on any atom is 0.218 e. The van der Waals surface area contributed by atoms with Crippen LogP contribution < -0.4 is 10.6 Å². The molecule has 2 N–H and O–H groups in total. The number of carbonyl (C=O) groups is 1. The normalized spacial score (nSPS) is 12.5. The van der Waals surface area contributed by atoms with Crippen molar-refractivity contribution in [3.63, 3.8) is 0 Å². The molecule has 0 aliphatic carbocycles. The van der Waals surface area contributed by atoms with Gasteiger partial charge in [0, 0.05) is 14.0 Å². The molecule has 84 valence electrons. The molecule has 0 saturated heterocycles. The van der Waals surface area contributed by atoms with Crippen LogP contribution in [0.4, 0.5) is 0 Å². The smallest absolute Gasteiger partial charge is 0.218 e. The summed E-state index contributed by atoms with van der Waals surface area (Å²) in [6.45, 7) is 4.16. The Balaban J connectivity index is 3.66. The minimum absolute atomic E-state index is 0.00454. The molecule has 1 atom stereocenters. The standard InChI is InChI=1S/C10H22N2O2/c1-4-5-6-7-10(11-8-14-3)12-9(2)13/h10-11H,4-8H2,1-3H3,(H,12,13). The topological polar surface area (TPSA) is 50.4 Å². The number of unbranched alkanes of at least 4 members (excludes halogenated alkanes) is 2. The van der Waals surface area contributed by atoms with Gasteiger partial charge >= 0.3 is 0 Å². The van der Waals surface area contributed by atoms with Gasteiger partial charge in [-0.3, -0.25) is 10.1 Å².